The molecule has 0 unspecified atom stereocenters. The van der Waals surface area contributed by atoms with Crippen LogP contribution in [-0.2, 0) is 18.8 Å². The lowest BCUT2D eigenvalue weighted by Crippen LogP contribution is -2.40. The molecule has 1 aliphatic heterocycles. The van der Waals surface area contributed by atoms with E-state index in [1.165, 1.54) is 23.3 Å². The van der Waals surface area contributed by atoms with Crippen molar-refractivity contribution in [2.45, 2.75) is 0 Å². The highest BCUT2D eigenvalue weighted by Crippen LogP contribution is 2.32. The molecule has 1 aliphatic rings. The van der Waals surface area contributed by atoms with E-state index in [0.29, 0.717) is 59.4 Å². The molecule has 3 aromatic rings. The molecular weight excluding hydrogens is 436 g/mol. The van der Waals surface area contributed by atoms with Crippen molar-refractivity contribution < 1.29 is 14.3 Å². The Labute approximate surface area is 188 Å². The molecule has 0 saturated carbocycles. The highest BCUT2D eigenvalue weighted by atomic mass is 35.5. The number of benzene rings is 2. The van der Waals surface area contributed by atoms with E-state index in [-0.39, 0.29) is 5.91 Å². The fourth-order valence-electron chi connectivity index (χ4n) is 3.82. The number of nitrogens with zero attached hydrogens (tertiary/aromatic N) is 3. The number of rotatable bonds is 4. The predicted molar refractivity (Wildman–Crippen MR) is 123 cm³/mol. The number of amides is 1. The van der Waals surface area contributed by atoms with Gasteiger partial charge in [0.1, 0.15) is 5.75 Å². The first-order chi connectivity index (χ1) is 15.3. The van der Waals surface area contributed by atoms with Crippen LogP contribution in [0.5, 0.6) is 5.75 Å². The van der Waals surface area contributed by atoms with E-state index in [9.17, 15) is 14.4 Å². The van der Waals surface area contributed by atoms with Gasteiger partial charge in [-0.2, -0.15) is 0 Å². The zero-order valence-electron chi connectivity index (χ0n) is 18.0. The second-order valence-corrected chi connectivity index (χ2v) is 7.92. The Morgan fingerprint density at radius 1 is 1.03 bits per heavy atom. The summed E-state index contributed by atoms with van der Waals surface area (Å²) in [6.07, 6.45) is 0. The normalized spacial score (nSPS) is 13.9. The van der Waals surface area contributed by atoms with Crippen LogP contribution in [0.2, 0.25) is 5.02 Å². The Bertz CT molecular complexity index is 1320. The fourth-order valence-corrected chi connectivity index (χ4v) is 3.98. The van der Waals surface area contributed by atoms with Crippen LogP contribution in [0.1, 0.15) is 10.4 Å². The number of morpholine rings is 1. The second kappa shape index (κ2) is 8.68. The summed E-state index contributed by atoms with van der Waals surface area (Å²) in [5.41, 5.74) is 1.41. The third kappa shape index (κ3) is 3.85. The van der Waals surface area contributed by atoms with Gasteiger partial charge in [0.2, 0.25) is 0 Å². The first kappa shape index (κ1) is 21.9. The number of hydrogen-bond acceptors (Lipinski definition) is 6. The molecule has 4 rings (SSSR count). The molecule has 2 heterocycles. The summed E-state index contributed by atoms with van der Waals surface area (Å²) in [5.74, 6) is -0.0410. The second-order valence-electron chi connectivity index (χ2n) is 7.48. The number of anilines is 2. The summed E-state index contributed by atoms with van der Waals surface area (Å²) in [7, 11) is 4.56. The van der Waals surface area contributed by atoms with Crippen LogP contribution < -0.4 is 26.1 Å². The van der Waals surface area contributed by atoms with Gasteiger partial charge in [0.25, 0.3) is 5.91 Å². The molecule has 0 bridgehead atoms. The molecule has 1 amide bonds. The van der Waals surface area contributed by atoms with E-state index in [1.54, 1.807) is 31.3 Å². The van der Waals surface area contributed by atoms with Crippen LogP contribution in [0.3, 0.4) is 0 Å². The quantitative estimate of drug-likeness (QED) is 0.601. The van der Waals surface area contributed by atoms with Gasteiger partial charge in [-0.25, -0.2) is 0 Å². The molecule has 9 nitrogen and oxygen atoms in total. The lowest BCUT2D eigenvalue weighted by atomic mass is 10.1. The molecule has 32 heavy (non-hydrogen) atoms. The largest absolute Gasteiger partial charge is 0.496 e. The van der Waals surface area contributed by atoms with Crippen molar-refractivity contribution in [1.29, 1.82) is 0 Å². The lowest BCUT2D eigenvalue weighted by molar-refractivity contribution is 0.102. The SMILES string of the molecule is COc1cc(Cl)ccc1C(=O)Nc1cc2c(cc1N1CCOCC1)n(C)c(=O)c(=O)n2C. The van der Waals surface area contributed by atoms with E-state index < -0.39 is 11.1 Å². The van der Waals surface area contributed by atoms with Crippen molar-refractivity contribution in [2.75, 3.05) is 43.6 Å². The van der Waals surface area contributed by atoms with Gasteiger partial charge in [-0.15, -0.1) is 0 Å². The van der Waals surface area contributed by atoms with Crippen molar-refractivity contribution in [2.24, 2.45) is 14.1 Å². The van der Waals surface area contributed by atoms with Gasteiger partial charge >= 0.3 is 11.1 Å². The maximum atomic E-state index is 13.1. The Morgan fingerprint density at radius 2 is 1.66 bits per heavy atom. The molecule has 10 heteroatoms. The number of carbonyl (C=O) groups excluding carboxylic acids is 1. The summed E-state index contributed by atoms with van der Waals surface area (Å²) >= 11 is 6.02. The third-order valence-corrected chi connectivity index (χ3v) is 5.85. The maximum absolute atomic E-state index is 13.1. The Kier molecular flexibility index (Phi) is 5.94. The van der Waals surface area contributed by atoms with Crippen LogP contribution >= 0.6 is 11.6 Å². The van der Waals surface area contributed by atoms with E-state index in [1.807, 2.05) is 6.07 Å². The minimum absolute atomic E-state index is 0.319. The Balaban J connectivity index is 1.87. The number of hydrogen-bond donors (Lipinski definition) is 1. The van der Waals surface area contributed by atoms with Gasteiger partial charge in [-0.05, 0) is 30.3 Å². The molecular formula is C22H23ClN4O5. The lowest BCUT2D eigenvalue weighted by Gasteiger charge is -2.31. The van der Waals surface area contributed by atoms with E-state index >= 15 is 0 Å². The molecule has 0 aliphatic carbocycles. The number of nitrogens with one attached hydrogen (secondary N) is 1. The fraction of sp³-hybridized carbons (Fsp3) is 0.318. The van der Waals surface area contributed by atoms with Crippen LogP contribution in [0, 0.1) is 0 Å². The topological polar surface area (TPSA) is 94.8 Å². The number of ether oxygens (including phenoxy) is 2. The van der Waals surface area contributed by atoms with E-state index in [2.05, 4.69) is 10.2 Å². The molecule has 0 radical (unpaired) electrons. The van der Waals surface area contributed by atoms with Crippen LogP contribution in [0.4, 0.5) is 11.4 Å². The zero-order valence-corrected chi connectivity index (χ0v) is 18.7. The van der Waals surface area contributed by atoms with Crippen molar-refractivity contribution in [3.63, 3.8) is 0 Å². The smallest absolute Gasteiger partial charge is 0.316 e. The van der Waals surface area contributed by atoms with E-state index in [0.717, 1.165) is 5.69 Å². The van der Waals surface area contributed by atoms with Crippen molar-refractivity contribution in [3.8, 4) is 5.75 Å². The summed E-state index contributed by atoms with van der Waals surface area (Å²) in [4.78, 5) is 39.9. The third-order valence-electron chi connectivity index (χ3n) is 5.62. The summed E-state index contributed by atoms with van der Waals surface area (Å²) in [6.45, 7) is 2.34. The monoisotopic (exact) mass is 458 g/mol. The molecule has 1 fully saturated rings. The van der Waals surface area contributed by atoms with Crippen molar-refractivity contribution in [1.82, 2.24) is 9.13 Å². The number of aromatic nitrogens is 2. The van der Waals surface area contributed by atoms with Crippen molar-refractivity contribution in [3.05, 3.63) is 61.6 Å². The highest BCUT2D eigenvalue weighted by molar-refractivity contribution is 6.31. The number of halogens is 1. The highest BCUT2D eigenvalue weighted by Gasteiger charge is 2.21. The molecule has 1 N–H and O–H groups in total. The maximum Gasteiger partial charge on any atom is 0.316 e. The molecule has 1 aromatic heterocycles. The Hall–Kier alpha value is -3.30. The molecule has 0 spiro atoms. The van der Waals surface area contributed by atoms with Gasteiger partial charge in [0, 0.05) is 32.2 Å². The molecule has 0 atom stereocenters. The molecule has 2 aromatic carbocycles. The van der Waals surface area contributed by atoms with Crippen LogP contribution in [0.25, 0.3) is 11.0 Å². The number of aryl methyl sites for hydroxylation is 2. The minimum atomic E-state index is -0.643. The summed E-state index contributed by atoms with van der Waals surface area (Å²) in [5, 5.41) is 3.40. The Morgan fingerprint density at radius 3 is 2.28 bits per heavy atom. The van der Waals surface area contributed by atoms with Crippen LogP contribution in [0.15, 0.2) is 39.9 Å². The van der Waals surface area contributed by atoms with Gasteiger partial charge in [0.15, 0.2) is 0 Å². The summed E-state index contributed by atoms with van der Waals surface area (Å²) in [6, 6.07) is 8.30. The average Bonchev–Trinajstić information content (AvgIpc) is 2.81. The molecule has 168 valence electrons. The van der Waals surface area contributed by atoms with Gasteiger partial charge < -0.3 is 28.8 Å². The number of methoxy groups -OCH3 is 1. The number of carbonyl (C=O) groups is 1. The zero-order chi connectivity index (χ0) is 23.0. The van der Waals surface area contributed by atoms with E-state index in [4.69, 9.17) is 21.1 Å². The molecule has 1 saturated heterocycles. The average molecular weight is 459 g/mol. The first-order valence-electron chi connectivity index (χ1n) is 10.0. The predicted octanol–water partition coefficient (Wildman–Crippen LogP) is 1.99. The first-order valence-corrected chi connectivity index (χ1v) is 10.4. The van der Waals surface area contributed by atoms with Crippen molar-refractivity contribution >= 4 is 39.9 Å². The number of fused-ring (bicyclic) bond motifs is 1. The minimum Gasteiger partial charge on any atom is -0.496 e. The van der Waals surface area contributed by atoms with Crippen LogP contribution in [-0.4, -0.2) is 48.5 Å². The van der Waals surface area contributed by atoms with Gasteiger partial charge in [0.05, 0.1) is 48.3 Å². The van der Waals surface area contributed by atoms with Gasteiger partial charge in [-0.3, -0.25) is 14.4 Å². The summed E-state index contributed by atoms with van der Waals surface area (Å²) < 4.78 is 13.4. The standard InChI is InChI=1S/C22H23ClN4O5/c1-25-17-11-15(24-20(28)14-5-4-13(23)10-19(14)31-3)16(27-6-8-32-9-7-27)12-18(17)26(2)22(30)21(25)29/h4-5,10-12H,6-9H2,1-3H3,(H,24,28). The van der Waals surface area contributed by atoms with Gasteiger partial charge in [-0.1, -0.05) is 11.6 Å².